The van der Waals surface area contributed by atoms with Crippen molar-refractivity contribution in [3.63, 3.8) is 0 Å². The smallest absolute Gasteiger partial charge is 2.00 e. The van der Waals surface area contributed by atoms with Gasteiger partial charge in [0.25, 0.3) is 0 Å². The molecule has 0 aliphatic carbocycles. The molecule has 0 aromatic heterocycles. The first kappa shape index (κ1) is 58.8. The normalized spacial score (nSPS) is 0. The van der Waals surface area contributed by atoms with E-state index in [1.165, 1.54) is 0 Å². The molecule has 4 heavy (non-hydrogen) atoms. The van der Waals surface area contributed by atoms with Gasteiger partial charge in [-0.1, -0.05) is 0 Å². The molecule has 0 saturated heterocycles. The largest absolute Gasteiger partial charge is 5.00 e. The third kappa shape index (κ3) is 10.4. The van der Waals surface area contributed by atoms with Crippen molar-refractivity contribution in [1.82, 2.24) is 0 Å². The summed E-state index contributed by atoms with van der Waals surface area (Å²) in [5.74, 6) is 0. The molecule has 0 saturated carbocycles. The molecule has 0 rings (SSSR count). The van der Waals surface area contributed by atoms with Crippen molar-refractivity contribution in [2.45, 2.75) is 0 Å². The fourth-order valence-electron chi connectivity index (χ4n) is 0. The second kappa shape index (κ2) is 28.0. The Balaban J connectivity index is 0. The van der Waals surface area contributed by atoms with E-state index in [-0.39, 0.29) is 52.8 Å². The summed E-state index contributed by atoms with van der Waals surface area (Å²) in [4.78, 5) is 0. The predicted octanol–water partition coefficient (Wildman–Crippen LogP) is -0.243. The molecular formula is O2TaZn+3. The van der Waals surface area contributed by atoms with Crippen molar-refractivity contribution >= 4 is 0 Å². The summed E-state index contributed by atoms with van der Waals surface area (Å²) >= 11 is 0. The van der Waals surface area contributed by atoms with Gasteiger partial charge in [-0.25, -0.2) is 0 Å². The van der Waals surface area contributed by atoms with E-state index in [0.29, 0.717) is 0 Å². The van der Waals surface area contributed by atoms with Crippen LogP contribution in [0.25, 0.3) is 0 Å². The fourth-order valence-corrected chi connectivity index (χ4v) is 0. The van der Waals surface area contributed by atoms with Crippen LogP contribution in [-0.2, 0) is 52.8 Å². The second-order valence-electron chi connectivity index (χ2n) is 0. The average molecular weight is 278 g/mol. The van der Waals surface area contributed by atoms with E-state index < -0.39 is 0 Å². The summed E-state index contributed by atoms with van der Waals surface area (Å²) in [7, 11) is 0. The molecule has 0 aromatic carbocycles. The van der Waals surface area contributed by atoms with Crippen molar-refractivity contribution < 1.29 is 52.8 Å². The van der Waals surface area contributed by atoms with E-state index in [9.17, 15) is 0 Å². The number of hydrogen-bond acceptors (Lipinski definition) is 0. The van der Waals surface area contributed by atoms with Gasteiger partial charge in [-0.15, -0.1) is 0 Å². The van der Waals surface area contributed by atoms with Crippen molar-refractivity contribution in [3.05, 3.63) is 0 Å². The summed E-state index contributed by atoms with van der Waals surface area (Å²) in [6, 6.07) is 0. The van der Waals surface area contributed by atoms with E-state index in [1.54, 1.807) is 0 Å². The standard InChI is InChI=1S/2O.Ta.Zn/q2*-2;+5;+2. The summed E-state index contributed by atoms with van der Waals surface area (Å²) in [6.45, 7) is 0. The van der Waals surface area contributed by atoms with Crippen molar-refractivity contribution in [2.75, 3.05) is 0 Å². The Labute approximate surface area is 52.8 Å². The topological polar surface area (TPSA) is 57.0 Å². The minimum Gasteiger partial charge on any atom is -2.00 e. The van der Waals surface area contributed by atoms with Crippen LogP contribution in [0.3, 0.4) is 0 Å². The van der Waals surface area contributed by atoms with Crippen LogP contribution in [0, 0.1) is 0 Å². The maximum absolute atomic E-state index is 0. The maximum atomic E-state index is 0. The zero-order chi connectivity index (χ0) is 0. The van der Waals surface area contributed by atoms with Crippen LogP contribution in [0.5, 0.6) is 0 Å². The van der Waals surface area contributed by atoms with E-state index >= 15 is 0 Å². The van der Waals surface area contributed by atoms with Gasteiger partial charge in [0, 0.05) is 0 Å². The SMILES string of the molecule is [O-2].[O-2].[Ta+5].[Zn+2]. The molecule has 0 N–H and O–H groups in total. The van der Waals surface area contributed by atoms with Crippen LogP contribution in [0.1, 0.15) is 0 Å². The van der Waals surface area contributed by atoms with E-state index in [0.717, 1.165) is 0 Å². The molecule has 2 nitrogen and oxygen atoms in total. The van der Waals surface area contributed by atoms with Gasteiger partial charge < -0.3 is 11.0 Å². The number of hydrogen-bond donors (Lipinski definition) is 0. The third-order valence-corrected chi connectivity index (χ3v) is 0. The first-order valence-corrected chi connectivity index (χ1v) is 0. The van der Waals surface area contributed by atoms with E-state index in [4.69, 9.17) is 0 Å². The van der Waals surface area contributed by atoms with Crippen molar-refractivity contribution in [2.24, 2.45) is 0 Å². The van der Waals surface area contributed by atoms with Gasteiger partial charge in [-0.05, 0) is 0 Å². The molecule has 0 amide bonds. The quantitative estimate of drug-likeness (QED) is 0.549. The number of rotatable bonds is 0. The van der Waals surface area contributed by atoms with Gasteiger partial charge >= 0.3 is 41.9 Å². The Morgan fingerprint density at radius 3 is 0.750 bits per heavy atom. The van der Waals surface area contributed by atoms with Gasteiger partial charge in [0.15, 0.2) is 0 Å². The first-order chi connectivity index (χ1) is 0. The van der Waals surface area contributed by atoms with Gasteiger partial charge in [-0.2, -0.15) is 0 Å². The molecule has 0 aromatic rings. The van der Waals surface area contributed by atoms with Crippen LogP contribution in [0.15, 0.2) is 0 Å². The zero-order valence-electron chi connectivity index (χ0n) is 1.97. The molecular weight excluding hydrogens is 278 g/mol. The predicted molar refractivity (Wildman–Crippen MR) is 1.37 cm³/mol. The Morgan fingerprint density at radius 1 is 0.750 bits per heavy atom. The molecule has 0 aliphatic rings. The van der Waals surface area contributed by atoms with Crippen LogP contribution in [0.4, 0.5) is 0 Å². The van der Waals surface area contributed by atoms with Gasteiger partial charge in [0.05, 0.1) is 0 Å². The molecule has 0 spiro atoms. The van der Waals surface area contributed by atoms with E-state index in [1.807, 2.05) is 0 Å². The molecule has 0 aliphatic heterocycles. The molecule has 0 unspecified atom stereocenters. The minimum absolute atomic E-state index is 0. The van der Waals surface area contributed by atoms with Gasteiger partial charge in [0.2, 0.25) is 0 Å². The summed E-state index contributed by atoms with van der Waals surface area (Å²) < 4.78 is 0. The molecule has 0 heterocycles. The monoisotopic (exact) mass is 277 g/mol. The molecule has 0 radical (unpaired) electrons. The maximum Gasteiger partial charge on any atom is 5.00 e. The van der Waals surface area contributed by atoms with Crippen molar-refractivity contribution in [3.8, 4) is 0 Å². The van der Waals surface area contributed by atoms with Crippen LogP contribution in [-0.4, -0.2) is 0 Å². The summed E-state index contributed by atoms with van der Waals surface area (Å²) in [6.07, 6.45) is 0. The molecule has 0 atom stereocenters. The van der Waals surface area contributed by atoms with Crippen LogP contribution < -0.4 is 0 Å². The first-order valence-electron chi connectivity index (χ1n) is 0. The Morgan fingerprint density at radius 2 is 0.750 bits per heavy atom. The minimum atomic E-state index is 0. The third-order valence-electron chi connectivity index (χ3n) is 0. The van der Waals surface area contributed by atoms with Crippen molar-refractivity contribution in [1.29, 1.82) is 0 Å². The van der Waals surface area contributed by atoms with Gasteiger partial charge in [-0.3, -0.25) is 0 Å². The molecule has 0 bridgehead atoms. The molecule has 16 valence electrons. The second-order valence-corrected chi connectivity index (χ2v) is 0. The molecule has 4 heteroatoms. The Hall–Kier alpha value is 1.28. The van der Waals surface area contributed by atoms with E-state index in [2.05, 4.69) is 0 Å². The fraction of sp³-hybridized carbons (Fsp3) is 0. The Kier molecular flexibility index (Phi) is 412. The average Bonchev–Trinajstić information content (AvgIpc) is 0. The summed E-state index contributed by atoms with van der Waals surface area (Å²) in [5, 5.41) is 0. The zero-order valence-corrected chi connectivity index (χ0v) is 8.15. The Bertz CT molecular complexity index is 6.00. The summed E-state index contributed by atoms with van der Waals surface area (Å²) in [5.41, 5.74) is 0. The van der Waals surface area contributed by atoms with Crippen LogP contribution in [0.2, 0.25) is 0 Å². The van der Waals surface area contributed by atoms with Crippen LogP contribution >= 0.6 is 0 Å². The molecule has 0 fully saturated rings. The van der Waals surface area contributed by atoms with Gasteiger partial charge in [0.1, 0.15) is 0 Å².